The van der Waals surface area contributed by atoms with Gasteiger partial charge < -0.3 is 10.6 Å². The fourth-order valence-electron chi connectivity index (χ4n) is 0.813. The molecule has 0 heterocycles. The van der Waals surface area contributed by atoms with E-state index in [-0.39, 0.29) is 11.9 Å². The summed E-state index contributed by atoms with van der Waals surface area (Å²) in [5.41, 5.74) is 5.43. The highest BCUT2D eigenvalue weighted by molar-refractivity contribution is 5.76. The van der Waals surface area contributed by atoms with E-state index in [9.17, 15) is 4.79 Å². The van der Waals surface area contributed by atoms with Crippen LogP contribution in [0.3, 0.4) is 0 Å². The van der Waals surface area contributed by atoms with E-state index in [1.54, 1.807) is 4.90 Å². The maximum absolute atomic E-state index is 11.4. The zero-order valence-electron chi connectivity index (χ0n) is 8.50. The van der Waals surface area contributed by atoms with E-state index < -0.39 is 0 Å². The van der Waals surface area contributed by atoms with E-state index in [1.165, 1.54) is 0 Å². The average Bonchev–Trinajstić information content (AvgIpc) is 2.02. The number of amides is 1. The Labute approximate surface area is 74.9 Å². The Morgan fingerprint density at radius 2 is 1.92 bits per heavy atom. The number of hydrogen-bond donors (Lipinski definition) is 1. The molecule has 3 nitrogen and oxygen atoms in total. The second kappa shape index (κ2) is 5.14. The van der Waals surface area contributed by atoms with Gasteiger partial charge in [-0.25, -0.2) is 0 Å². The van der Waals surface area contributed by atoms with Crippen LogP contribution in [0.25, 0.3) is 0 Å². The van der Waals surface area contributed by atoms with Crippen molar-refractivity contribution < 1.29 is 4.79 Å². The fraction of sp³-hybridized carbons (Fsp3) is 0.889. The van der Waals surface area contributed by atoms with E-state index in [1.807, 2.05) is 27.8 Å². The maximum Gasteiger partial charge on any atom is 0.222 e. The van der Waals surface area contributed by atoms with Crippen molar-refractivity contribution in [3.8, 4) is 0 Å². The first-order valence-electron chi connectivity index (χ1n) is 4.44. The standard InChI is InChI=1S/C9H20N2O/c1-7(2)11(4)9(12)5-8(3)6-10/h7-8H,5-6,10H2,1-4H3. The van der Waals surface area contributed by atoms with Crippen LogP contribution in [0, 0.1) is 5.92 Å². The second-order valence-corrected chi connectivity index (χ2v) is 3.64. The molecular weight excluding hydrogens is 152 g/mol. The molecular formula is C9H20N2O. The second-order valence-electron chi connectivity index (χ2n) is 3.64. The van der Waals surface area contributed by atoms with Crippen LogP contribution in [-0.4, -0.2) is 30.4 Å². The first-order valence-corrected chi connectivity index (χ1v) is 4.44. The van der Waals surface area contributed by atoms with Crippen molar-refractivity contribution in [2.75, 3.05) is 13.6 Å². The van der Waals surface area contributed by atoms with E-state index >= 15 is 0 Å². The van der Waals surface area contributed by atoms with Gasteiger partial charge in [-0.2, -0.15) is 0 Å². The molecule has 0 aromatic rings. The molecule has 0 saturated heterocycles. The summed E-state index contributed by atoms with van der Waals surface area (Å²) in [6.07, 6.45) is 0.561. The Morgan fingerprint density at radius 3 is 2.25 bits per heavy atom. The number of carbonyl (C=O) groups is 1. The molecule has 0 aromatic heterocycles. The van der Waals surface area contributed by atoms with Crippen molar-refractivity contribution in [3.63, 3.8) is 0 Å². The van der Waals surface area contributed by atoms with Gasteiger partial charge in [0.15, 0.2) is 0 Å². The largest absolute Gasteiger partial charge is 0.343 e. The highest BCUT2D eigenvalue weighted by atomic mass is 16.2. The molecule has 0 bridgehead atoms. The summed E-state index contributed by atoms with van der Waals surface area (Å²) < 4.78 is 0. The molecule has 3 heteroatoms. The zero-order valence-corrected chi connectivity index (χ0v) is 8.50. The van der Waals surface area contributed by atoms with Gasteiger partial charge in [-0.1, -0.05) is 6.92 Å². The lowest BCUT2D eigenvalue weighted by molar-refractivity contribution is -0.132. The van der Waals surface area contributed by atoms with Crippen LogP contribution in [0.1, 0.15) is 27.2 Å². The molecule has 0 aliphatic rings. The molecule has 0 aromatic carbocycles. The molecule has 0 spiro atoms. The minimum atomic E-state index is 0.183. The Morgan fingerprint density at radius 1 is 1.42 bits per heavy atom. The van der Waals surface area contributed by atoms with Crippen molar-refractivity contribution in [1.82, 2.24) is 4.90 Å². The molecule has 72 valence electrons. The van der Waals surface area contributed by atoms with E-state index in [0.29, 0.717) is 18.9 Å². The third-order valence-electron chi connectivity index (χ3n) is 2.09. The SMILES string of the molecule is CC(CN)CC(=O)N(C)C(C)C. The van der Waals surface area contributed by atoms with Crippen LogP contribution in [0.5, 0.6) is 0 Å². The maximum atomic E-state index is 11.4. The molecule has 12 heavy (non-hydrogen) atoms. The van der Waals surface area contributed by atoms with Gasteiger partial charge >= 0.3 is 0 Å². The summed E-state index contributed by atoms with van der Waals surface area (Å²) in [6, 6.07) is 0.280. The van der Waals surface area contributed by atoms with Gasteiger partial charge in [0.1, 0.15) is 0 Å². The lowest BCUT2D eigenvalue weighted by Crippen LogP contribution is -2.34. The number of hydrogen-bond acceptors (Lipinski definition) is 2. The fourth-order valence-corrected chi connectivity index (χ4v) is 0.813. The Bertz CT molecular complexity index is 145. The lowest BCUT2D eigenvalue weighted by atomic mass is 10.1. The molecule has 0 radical (unpaired) electrons. The molecule has 0 fully saturated rings. The quantitative estimate of drug-likeness (QED) is 0.683. The summed E-state index contributed by atoms with van der Waals surface area (Å²) in [5, 5.41) is 0. The van der Waals surface area contributed by atoms with Gasteiger partial charge in [-0.3, -0.25) is 4.79 Å². The summed E-state index contributed by atoms with van der Waals surface area (Å²) in [6.45, 7) is 6.58. The van der Waals surface area contributed by atoms with Crippen LogP contribution in [0.2, 0.25) is 0 Å². The summed E-state index contributed by atoms with van der Waals surface area (Å²) in [4.78, 5) is 13.2. The van der Waals surface area contributed by atoms with Gasteiger partial charge in [0.25, 0.3) is 0 Å². The van der Waals surface area contributed by atoms with Crippen molar-refractivity contribution in [2.45, 2.75) is 33.2 Å². The molecule has 1 unspecified atom stereocenters. The van der Waals surface area contributed by atoms with Gasteiger partial charge in [0.2, 0.25) is 5.91 Å². The first-order chi connectivity index (χ1) is 5.49. The third-order valence-corrected chi connectivity index (χ3v) is 2.09. The molecule has 1 amide bonds. The lowest BCUT2D eigenvalue weighted by Gasteiger charge is -2.22. The molecule has 1 atom stereocenters. The molecule has 0 saturated carbocycles. The van der Waals surface area contributed by atoms with Crippen LogP contribution in [0.15, 0.2) is 0 Å². The number of nitrogens with two attached hydrogens (primary N) is 1. The topological polar surface area (TPSA) is 46.3 Å². The highest BCUT2D eigenvalue weighted by Gasteiger charge is 2.14. The van der Waals surface area contributed by atoms with Crippen molar-refractivity contribution in [3.05, 3.63) is 0 Å². The Hall–Kier alpha value is -0.570. The van der Waals surface area contributed by atoms with Crippen LogP contribution >= 0.6 is 0 Å². The third kappa shape index (κ3) is 3.72. The van der Waals surface area contributed by atoms with Gasteiger partial charge in [0.05, 0.1) is 0 Å². The summed E-state index contributed by atoms with van der Waals surface area (Å²) >= 11 is 0. The monoisotopic (exact) mass is 172 g/mol. The van der Waals surface area contributed by atoms with Gasteiger partial charge in [-0.15, -0.1) is 0 Å². The zero-order chi connectivity index (χ0) is 9.72. The summed E-state index contributed by atoms with van der Waals surface area (Å²) in [5.74, 6) is 0.474. The smallest absolute Gasteiger partial charge is 0.222 e. The summed E-state index contributed by atoms with van der Waals surface area (Å²) in [7, 11) is 1.83. The van der Waals surface area contributed by atoms with Crippen LogP contribution in [-0.2, 0) is 4.79 Å². The van der Waals surface area contributed by atoms with Gasteiger partial charge in [0, 0.05) is 19.5 Å². The highest BCUT2D eigenvalue weighted by Crippen LogP contribution is 2.04. The van der Waals surface area contributed by atoms with Crippen molar-refractivity contribution in [2.24, 2.45) is 11.7 Å². The van der Waals surface area contributed by atoms with Crippen LogP contribution in [0.4, 0.5) is 0 Å². The average molecular weight is 172 g/mol. The van der Waals surface area contributed by atoms with Crippen LogP contribution < -0.4 is 5.73 Å². The first kappa shape index (κ1) is 11.4. The minimum Gasteiger partial charge on any atom is -0.343 e. The Balaban J connectivity index is 3.87. The van der Waals surface area contributed by atoms with Crippen molar-refractivity contribution in [1.29, 1.82) is 0 Å². The number of rotatable bonds is 4. The molecule has 0 rings (SSSR count). The number of nitrogens with zero attached hydrogens (tertiary/aromatic N) is 1. The normalized spacial score (nSPS) is 13.2. The predicted molar refractivity (Wildman–Crippen MR) is 50.7 cm³/mol. The number of carbonyl (C=O) groups excluding carboxylic acids is 1. The van der Waals surface area contributed by atoms with E-state index in [2.05, 4.69) is 0 Å². The molecule has 2 N–H and O–H groups in total. The van der Waals surface area contributed by atoms with Gasteiger partial charge in [-0.05, 0) is 26.3 Å². The molecule has 0 aliphatic carbocycles. The van der Waals surface area contributed by atoms with E-state index in [4.69, 9.17) is 5.73 Å². The predicted octanol–water partition coefficient (Wildman–Crippen LogP) is 0.838. The Kier molecular flexibility index (Phi) is 4.90. The minimum absolute atomic E-state index is 0.183. The molecule has 0 aliphatic heterocycles. The van der Waals surface area contributed by atoms with Crippen molar-refractivity contribution >= 4 is 5.91 Å². The van der Waals surface area contributed by atoms with E-state index in [0.717, 1.165) is 0 Å².